The van der Waals surface area contributed by atoms with Crippen LogP contribution in [0.2, 0.25) is 0 Å². The average molecular weight is 299 g/mol. The fourth-order valence-electron chi connectivity index (χ4n) is 1.72. The minimum absolute atomic E-state index is 0.110. The Balaban J connectivity index is 2.04. The van der Waals surface area contributed by atoms with Gasteiger partial charge in [0.15, 0.2) is 0 Å². The van der Waals surface area contributed by atoms with Gasteiger partial charge in [-0.05, 0) is 35.9 Å². The zero-order chi connectivity index (χ0) is 16.1. The minimum atomic E-state index is -1.05. The van der Waals surface area contributed by atoms with Crippen LogP contribution in [-0.4, -0.2) is 17.0 Å². The lowest BCUT2D eigenvalue weighted by Crippen LogP contribution is -2.08. The van der Waals surface area contributed by atoms with Crippen molar-refractivity contribution in [3.05, 3.63) is 70.5 Å². The van der Waals surface area contributed by atoms with Crippen LogP contribution in [0.1, 0.15) is 31.8 Å². The number of benzene rings is 2. The molecule has 0 saturated heterocycles. The predicted octanol–water partition coefficient (Wildman–Crippen LogP) is 2.75. The van der Waals surface area contributed by atoms with Gasteiger partial charge in [0.05, 0.1) is 22.8 Å². The largest absolute Gasteiger partial charge is 0.478 e. The maximum Gasteiger partial charge on any atom is 0.341 e. The van der Waals surface area contributed by atoms with E-state index in [1.165, 1.54) is 36.4 Å². The number of carboxylic acid groups (broad SMARTS) is 1. The summed E-state index contributed by atoms with van der Waals surface area (Å²) in [5, 5.41) is 17.4. The van der Waals surface area contributed by atoms with Crippen LogP contribution < -0.4 is 0 Å². The molecule has 2 aromatic rings. The number of ether oxygens (including phenoxy) is 1. The Morgan fingerprint density at radius 2 is 1.86 bits per heavy atom. The van der Waals surface area contributed by atoms with Crippen LogP contribution in [0.25, 0.3) is 0 Å². The van der Waals surface area contributed by atoms with Crippen molar-refractivity contribution in [1.29, 1.82) is 5.26 Å². The van der Waals surface area contributed by atoms with Crippen LogP contribution in [0, 0.1) is 17.1 Å². The molecular formula is C16H10FNO4. The van der Waals surface area contributed by atoms with Gasteiger partial charge in [-0.15, -0.1) is 0 Å². The van der Waals surface area contributed by atoms with Crippen LogP contribution in [0.4, 0.5) is 4.39 Å². The van der Waals surface area contributed by atoms with Gasteiger partial charge in [-0.1, -0.05) is 12.1 Å². The summed E-state index contributed by atoms with van der Waals surface area (Å²) in [5.41, 5.74) is 0.542. The first-order chi connectivity index (χ1) is 10.5. The predicted molar refractivity (Wildman–Crippen MR) is 73.6 cm³/mol. The number of hydrogen-bond acceptors (Lipinski definition) is 4. The highest BCUT2D eigenvalue weighted by molar-refractivity contribution is 5.90. The van der Waals surface area contributed by atoms with Crippen LogP contribution in [0.5, 0.6) is 0 Å². The van der Waals surface area contributed by atoms with E-state index in [2.05, 4.69) is 0 Å². The standard InChI is InChI=1S/C16H10FNO4/c17-14-7-11(8-18)3-6-13(14)16(21)22-9-10-1-4-12(5-2-10)15(19)20/h1-7H,9H2,(H,19,20). The van der Waals surface area contributed by atoms with Gasteiger partial charge in [-0.25, -0.2) is 14.0 Å². The molecule has 0 spiro atoms. The van der Waals surface area contributed by atoms with Crippen molar-refractivity contribution < 1.29 is 23.8 Å². The molecule has 0 unspecified atom stereocenters. The summed E-state index contributed by atoms with van der Waals surface area (Å²) in [6.45, 7) is -0.113. The van der Waals surface area contributed by atoms with Gasteiger partial charge >= 0.3 is 11.9 Å². The van der Waals surface area contributed by atoms with E-state index in [4.69, 9.17) is 15.1 Å². The Morgan fingerprint density at radius 1 is 1.18 bits per heavy atom. The second-order valence-electron chi connectivity index (χ2n) is 4.38. The van der Waals surface area contributed by atoms with Gasteiger partial charge in [0, 0.05) is 0 Å². The van der Waals surface area contributed by atoms with Crippen molar-refractivity contribution in [3.63, 3.8) is 0 Å². The van der Waals surface area contributed by atoms with E-state index in [1.54, 1.807) is 6.07 Å². The highest BCUT2D eigenvalue weighted by Gasteiger charge is 2.14. The van der Waals surface area contributed by atoms with E-state index < -0.39 is 17.8 Å². The SMILES string of the molecule is N#Cc1ccc(C(=O)OCc2ccc(C(=O)O)cc2)c(F)c1. The molecule has 0 aliphatic heterocycles. The molecule has 0 bridgehead atoms. The second-order valence-corrected chi connectivity index (χ2v) is 4.38. The third kappa shape index (κ3) is 3.46. The number of aromatic carboxylic acids is 1. The average Bonchev–Trinajstić information content (AvgIpc) is 2.52. The van der Waals surface area contributed by atoms with E-state index in [-0.39, 0.29) is 23.3 Å². The highest BCUT2D eigenvalue weighted by Crippen LogP contribution is 2.13. The number of hydrogen-bond donors (Lipinski definition) is 1. The molecule has 0 fully saturated rings. The van der Waals surface area contributed by atoms with E-state index in [0.717, 1.165) is 6.07 Å². The lowest BCUT2D eigenvalue weighted by atomic mass is 10.1. The Morgan fingerprint density at radius 3 is 2.41 bits per heavy atom. The Labute approximate surface area is 125 Å². The first-order valence-corrected chi connectivity index (χ1v) is 6.20. The molecule has 0 saturated carbocycles. The number of esters is 1. The molecule has 1 N–H and O–H groups in total. The summed E-state index contributed by atoms with van der Waals surface area (Å²) in [6, 6.07) is 11.0. The molecule has 0 aromatic heterocycles. The van der Waals surface area contributed by atoms with Crippen LogP contribution >= 0.6 is 0 Å². The summed E-state index contributed by atoms with van der Waals surface area (Å²) in [6.07, 6.45) is 0. The molecule has 110 valence electrons. The monoisotopic (exact) mass is 299 g/mol. The number of nitrogens with zero attached hydrogens (tertiary/aromatic N) is 1. The Bertz CT molecular complexity index is 763. The van der Waals surface area contributed by atoms with Crippen LogP contribution in [0.15, 0.2) is 42.5 Å². The van der Waals surface area contributed by atoms with Gasteiger partial charge < -0.3 is 9.84 Å². The van der Waals surface area contributed by atoms with E-state index in [9.17, 15) is 14.0 Å². The number of halogens is 1. The summed E-state index contributed by atoms with van der Waals surface area (Å²) >= 11 is 0. The van der Waals surface area contributed by atoms with Gasteiger partial charge in [-0.2, -0.15) is 5.26 Å². The molecule has 6 heteroatoms. The maximum atomic E-state index is 13.6. The number of rotatable bonds is 4. The van der Waals surface area contributed by atoms with Crippen molar-refractivity contribution in [2.24, 2.45) is 0 Å². The van der Waals surface area contributed by atoms with Crippen molar-refractivity contribution in [2.75, 3.05) is 0 Å². The minimum Gasteiger partial charge on any atom is -0.478 e. The van der Waals surface area contributed by atoms with Crippen molar-refractivity contribution in [1.82, 2.24) is 0 Å². The highest BCUT2D eigenvalue weighted by atomic mass is 19.1. The van der Waals surface area contributed by atoms with E-state index in [0.29, 0.717) is 5.56 Å². The third-order valence-corrected chi connectivity index (χ3v) is 2.89. The van der Waals surface area contributed by atoms with Crippen molar-refractivity contribution in [3.8, 4) is 6.07 Å². The van der Waals surface area contributed by atoms with Crippen LogP contribution in [-0.2, 0) is 11.3 Å². The molecule has 0 aliphatic rings. The van der Waals surface area contributed by atoms with E-state index >= 15 is 0 Å². The fourth-order valence-corrected chi connectivity index (χ4v) is 1.72. The smallest absolute Gasteiger partial charge is 0.341 e. The van der Waals surface area contributed by atoms with E-state index in [1.807, 2.05) is 0 Å². The molecule has 0 amide bonds. The molecule has 0 heterocycles. The Hall–Kier alpha value is -3.20. The third-order valence-electron chi connectivity index (χ3n) is 2.89. The zero-order valence-corrected chi connectivity index (χ0v) is 11.2. The number of carboxylic acids is 1. The summed E-state index contributed by atoms with van der Waals surface area (Å²) in [4.78, 5) is 22.5. The van der Waals surface area contributed by atoms with Gasteiger partial charge in [0.1, 0.15) is 12.4 Å². The van der Waals surface area contributed by atoms with Gasteiger partial charge in [-0.3, -0.25) is 0 Å². The van der Waals surface area contributed by atoms with Gasteiger partial charge in [0.25, 0.3) is 0 Å². The Kier molecular flexibility index (Phi) is 4.49. The van der Waals surface area contributed by atoms with Gasteiger partial charge in [0.2, 0.25) is 0 Å². The number of carbonyl (C=O) groups excluding carboxylic acids is 1. The summed E-state index contributed by atoms with van der Waals surface area (Å²) < 4.78 is 18.6. The lowest BCUT2D eigenvalue weighted by molar-refractivity contribution is 0.0466. The molecule has 0 atom stereocenters. The molecule has 0 aliphatic carbocycles. The molecule has 22 heavy (non-hydrogen) atoms. The normalized spacial score (nSPS) is 9.82. The molecule has 2 aromatic carbocycles. The van der Waals surface area contributed by atoms with Crippen molar-refractivity contribution >= 4 is 11.9 Å². The number of carbonyl (C=O) groups is 2. The lowest BCUT2D eigenvalue weighted by Gasteiger charge is -2.06. The summed E-state index contributed by atoms with van der Waals surface area (Å²) in [5.74, 6) is -2.74. The molecule has 5 nitrogen and oxygen atoms in total. The first kappa shape index (κ1) is 15.2. The first-order valence-electron chi connectivity index (χ1n) is 6.20. The van der Waals surface area contributed by atoms with Crippen LogP contribution in [0.3, 0.4) is 0 Å². The quantitative estimate of drug-likeness (QED) is 0.877. The number of nitriles is 1. The molecule has 0 radical (unpaired) electrons. The summed E-state index contributed by atoms with van der Waals surface area (Å²) in [7, 11) is 0. The second kappa shape index (κ2) is 6.50. The topological polar surface area (TPSA) is 87.4 Å². The zero-order valence-electron chi connectivity index (χ0n) is 11.2. The van der Waals surface area contributed by atoms with Crippen molar-refractivity contribution in [2.45, 2.75) is 6.61 Å². The maximum absolute atomic E-state index is 13.6. The molecule has 2 rings (SSSR count). The molecular weight excluding hydrogens is 289 g/mol. The fraction of sp³-hybridized carbons (Fsp3) is 0.0625.